The Hall–Kier alpha value is -1.11. The van der Waals surface area contributed by atoms with E-state index in [4.69, 9.17) is 4.74 Å². The van der Waals surface area contributed by atoms with Crippen LogP contribution in [-0.2, 0) is 4.79 Å². The van der Waals surface area contributed by atoms with Crippen molar-refractivity contribution in [3.63, 3.8) is 0 Å². The van der Waals surface area contributed by atoms with Crippen LogP contribution in [-0.4, -0.2) is 35.5 Å². The van der Waals surface area contributed by atoms with Gasteiger partial charge in [0.1, 0.15) is 5.75 Å². The molecule has 2 aliphatic rings. The molecule has 2 fully saturated rings. The minimum absolute atomic E-state index is 0.0865. The molecule has 1 atom stereocenters. The number of likely N-dealkylation sites (tertiary alicyclic amines) is 1. The van der Waals surface area contributed by atoms with Gasteiger partial charge >= 0.3 is 0 Å². The molecule has 0 N–H and O–H groups in total. The lowest BCUT2D eigenvalue weighted by Gasteiger charge is -2.24. The van der Waals surface area contributed by atoms with E-state index in [0.717, 1.165) is 25.1 Å². The third-order valence-electron chi connectivity index (χ3n) is 4.79. The molecule has 1 unspecified atom stereocenters. The van der Waals surface area contributed by atoms with E-state index < -0.39 is 0 Å². The van der Waals surface area contributed by atoms with Gasteiger partial charge < -0.3 is 9.64 Å². The Labute approximate surface area is 167 Å². The van der Waals surface area contributed by atoms with Crippen LogP contribution in [0.25, 0.3) is 0 Å². The molecular formula is C20H23NO2S3. The smallest absolute Gasteiger partial charge is 0.261 e. The average Bonchev–Trinajstić information content (AvgIpc) is 3.38. The number of amides is 1. The van der Waals surface area contributed by atoms with Gasteiger partial charge in [0.2, 0.25) is 0 Å². The summed E-state index contributed by atoms with van der Waals surface area (Å²) in [6.07, 6.45) is 3.43. The third-order valence-corrected chi connectivity index (χ3v) is 8.78. The van der Waals surface area contributed by atoms with E-state index in [1.807, 2.05) is 40.6 Å². The SMILES string of the molecule is O=C(COc1ccc(C2SCCCS2)cc1)N1CCCC1c1cccs1. The summed E-state index contributed by atoms with van der Waals surface area (Å²) in [5, 5.41) is 2.08. The zero-order chi connectivity index (χ0) is 17.8. The monoisotopic (exact) mass is 405 g/mol. The van der Waals surface area contributed by atoms with Crippen molar-refractivity contribution in [3.05, 3.63) is 52.2 Å². The standard InChI is InChI=1S/C20H23NO2S3/c22-19(21-10-1-4-17(21)18-5-2-11-24-18)14-23-16-8-6-15(7-9-16)20-25-12-3-13-26-20/h2,5-9,11,17,20H,1,3-4,10,12-14H2. The lowest BCUT2D eigenvalue weighted by Crippen LogP contribution is -2.34. The Morgan fingerprint density at radius 1 is 1.12 bits per heavy atom. The number of hydrogen-bond donors (Lipinski definition) is 0. The summed E-state index contributed by atoms with van der Waals surface area (Å²) in [5.74, 6) is 3.35. The Morgan fingerprint density at radius 2 is 1.92 bits per heavy atom. The Balaban J connectivity index is 1.32. The second-order valence-corrected chi connectivity index (χ2v) is 10.2. The predicted molar refractivity (Wildman–Crippen MR) is 112 cm³/mol. The molecule has 1 aromatic heterocycles. The van der Waals surface area contributed by atoms with E-state index in [-0.39, 0.29) is 18.6 Å². The molecule has 0 saturated carbocycles. The molecule has 138 valence electrons. The largest absolute Gasteiger partial charge is 0.484 e. The zero-order valence-corrected chi connectivity index (χ0v) is 17.1. The van der Waals surface area contributed by atoms with E-state index in [1.165, 1.54) is 28.4 Å². The number of thioether (sulfide) groups is 2. The number of ether oxygens (including phenoxy) is 1. The molecule has 0 spiro atoms. The predicted octanol–water partition coefficient (Wildman–Crippen LogP) is 5.36. The van der Waals surface area contributed by atoms with Gasteiger partial charge in [-0.2, -0.15) is 0 Å². The molecule has 3 nitrogen and oxygen atoms in total. The van der Waals surface area contributed by atoms with E-state index >= 15 is 0 Å². The molecule has 3 heterocycles. The summed E-state index contributed by atoms with van der Waals surface area (Å²) < 4.78 is 6.32. The van der Waals surface area contributed by atoms with Gasteiger partial charge in [-0.3, -0.25) is 4.79 Å². The van der Waals surface area contributed by atoms with Gasteiger partial charge in [-0.1, -0.05) is 18.2 Å². The number of carbonyl (C=O) groups excluding carboxylic acids is 1. The number of hydrogen-bond acceptors (Lipinski definition) is 5. The van der Waals surface area contributed by atoms with E-state index in [9.17, 15) is 4.79 Å². The van der Waals surface area contributed by atoms with Gasteiger partial charge in [0.15, 0.2) is 6.61 Å². The van der Waals surface area contributed by atoms with Crippen molar-refractivity contribution < 1.29 is 9.53 Å². The number of carbonyl (C=O) groups is 1. The molecule has 26 heavy (non-hydrogen) atoms. The molecule has 2 saturated heterocycles. The maximum atomic E-state index is 12.6. The first-order valence-corrected chi connectivity index (χ1v) is 12.1. The van der Waals surface area contributed by atoms with E-state index in [2.05, 4.69) is 29.6 Å². The number of thiophene rings is 1. The highest BCUT2D eigenvalue weighted by Gasteiger charge is 2.30. The fourth-order valence-electron chi connectivity index (χ4n) is 3.47. The molecule has 0 radical (unpaired) electrons. The summed E-state index contributed by atoms with van der Waals surface area (Å²) in [5.41, 5.74) is 1.34. The minimum atomic E-state index is 0.0865. The van der Waals surface area contributed by atoms with Gasteiger partial charge in [-0.15, -0.1) is 34.9 Å². The van der Waals surface area contributed by atoms with Gasteiger partial charge in [0.25, 0.3) is 5.91 Å². The molecule has 0 aliphatic carbocycles. The van der Waals surface area contributed by atoms with Crippen molar-refractivity contribution in [2.45, 2.75) is 29.9 Å². The number of nitrogens with zero attached hydrogens (tertiary/aromatic N) is 1. The molecule has 0 bridgehead atoms. The average molecular weight is 406 g/mol. The lowest BCUT2D eigenvalue weighted by molar-refractivity contribution is -0.134. The molecule has 1 aromatic carbocycles. The summed E-state index contributed by atoms with van der Waals surface area (Å²) in [7, 11) is 0. The van der Waals surface area contributed by atoms with Crippen LogP contribution in [0.2, 0.25) is 0 Å². The van der Waals surface area contributed by atoms with Crippen LogP contribution in [0, 0.1) is 0 Å². The molecule has 1 amide bonds. The molecule has 4 rings (SSSR count). The Bertz CT molecular complexity index is 711. The topological polar surface area (TPSA) is 29.5 Å². The van der Waals surface area contributed by atoms with Crippen LogP contribution in [0.15, 0.2) is 41.8 Å². The zero-order valence-electron chi connectivity index (χ0n) is 14.6. The summed E-state index contributed by atoms with van der Waals surface area (Å²) >= 11 is 5.77. The van der Waals surface area contributed by atoms with Gasteiger partial charge in [-0.25, -0.2) is 0 Å². The highest BCUT2D eigenvalue weighted by atomic mass is 32.2. The van der Waals surface area contributed by atoms with Crippen molar-refractivity contribution in [1.29, 1.82) is 0 Å². The summed E-state index contributed by atoms with van der Waals surface area (Å²) in [6, 6.07) is 12.7. The number of rotatable bonds is 5. The van der Waals surface area contributed by atoms with Crippen molar-refractivity contribution in [1.82, 2.24) is 4.90 Å². The normalized spacial score (nSPS) is 21.1. The van der Waals surface area contributed by atoms with Crippen LogP contribution in [0.1, 0.15) is 40.3 Å². The van der Waals surface area contributed by atoms with Crippen LogP contribution in [0.4, 0.5) is 0 Å². The van der Waals surface area contributed by atoms with Crippen molar-refractivity contribution in [2.24, 2.45) is 0 Å². The second kappa shape index (κ2) is 8.72. The maximum Gasteiger partial charge on any atom is 0.261 e. The lowest BCUT2D eigenvalue weighted by atomic mass is 10.2. The van der Waals surface area contributed by atoms with E-state index in [0.29, 0.717) is 4.58 Å². The fraction of sp³-hybridized carbons (Fsp3) is 0.450. The quantitative estimate of drug-likeness (QED) is 0.670. The fourth-order valence-corrected chi connectivity index (χ4v) is 7.24. The molecule has 2 aliphatic heterocycles. The third kappa shape index (κ3) is 4.24. The Kier molecular flexibility index (Phi) is 6.12. The Morgan fingerprint density at radius 3 is 2.65 bits per heavy atom. The minimum Gasteiger partial charge on any atom is -0.484 e. The molecule has 6 heteroatoms. The van der Waals surface area contributed by atoms with Gasteiger partial charge in [-0.05, 0) is 59.9 Å². The first-order chi connectivity index (χ1) is 12.8. The molecular weight excluding hydrogens is 382 g/mol. The highest BCUT2D eigenvalue weighted by Crippen LogP contribution is 2.43. The van der Waals surface area contributed by atoms with Crippen molar-refractivity contribution >= 4 is 40.8 Å². The first kappa shape index (κ1) is 18.3. The van der Waals surface area contributed by atoms with Crippen LogP contribution in [0.3, 0.4) is 0 Å². The molecule has 2 aromatic rings. The summed E-state index contributed by atoms with van der Waals surface area (Å²) in [6.45, 7) is 0.952. The van der Waals surface area contributed by atoms with Crippen molar-refractivity contribution in [3.8, 4) is 5.75 Å². The van der Waals surface area contributed by atoms with Crippen molar-refractivity contribution in [2.75, 3.05) is 24.7 Å². The summed E-state index contributed by atoms with van der Waals surface area (Å²) in [4.78, 5) is 15.9. The second-order valence-electron chi connectivity index (χ2n) is 6.55. The van der Waals surface area contributed by atoms with Gasteiger partial charge in [0, 0.05) is 11.4 Å². The number of benzene rings is 1. The van der Waals surface area contributed by atoms with E-state index in [1.54, 1.807) is 11.3 Å². The maximum absolute atomic E-state index is 12.6. The van der Waals surface area contributed by atoms with Crippen LogP contribution in [0.5, 0.6) is 5.75 Å². The first-order valence-electron chi connectivity index (χ1n) is 9.10. The van der Waals surface area contributed by atoms with Crippen LogP contribution >= 0.6 is 34.9 Å². The van der Waals surface area contributed by atoms with Crippen LogP contribution < -0.4 is 4.74 Å². The van der Waals surface area contributed by atoms with Gasteiger partial charge in [0.05, 0.1) is 10.6 Å². The highest BCUT2D eigenvalue weighted by molar-refractivity contribution is 8.16.